The van der Waals surface area contributed by atoms with Crippen molar-refractivity contribution < 1.29 is 27.6 Å². The average molecular weight is 374 g/mol. The number of Topliss-reactive ketones (excluding diaryl/α,β-unsaturated/α-hetero) is 2. The fourth-order valence-corrected chi connectivity index (χ4v) is 4.28. The minimum absolute atomic E-state index is 0.0816. The molecular weight excluding hydrogens is 359 g/mol. The Balaban J connectivity index is 1.98. The number of anilines is 1. The molecule has 0 saturated heterocycles. The summed E-state index contributed by atoms with van der Waals surface area (Å²) in [6.45, 7) is 3.33. The van der Waals surface area contributed by atoms with Crippen LogP contribution >= 0.6 is 11.6 Å². The van der Waals surface area contributed by atoms with E-state index in [2.05, 4.69) is 5.32 Å². The van der Waals surface area contributed by atoms with E-state index in [-0.39, 0.29) is 17.1 Å². The Morgan fingerprint density at radius 2 is 1.92 bits per heavy atom. The van der Waals surface area contributed by atoms with E-state index >= 15 is 0 Å². The zero-order valence-electron chi connectivity index (χ0n) is 13.5. The molecule has 4 nitrogen and oxygen atoms in total. The Bertz CT molecular complexity index is 803. The van der Waals surface area contributed by atoms with Crippen molar-refractivity contribution in [2.24, 2.45) is 16.7 Å². The van der Waals surface area contributed by atoms with Gasteiger partial charge in [0.05, 0.1) is 16.3 Å². The number of benzene rings is 1. The van der Waals surface area contributed by atoms with Gasteiger partial charge in [-0.2, -0.15) is 13.2 Å². The third-order valence-electron chi connectivity index (χ3n) is 5.64. The molecule has 0 spiro atoms. The van der Waals surface area contributed by atoms with Crippen LogP contribution in [0.3, 0.4) is 0 Å². The maximum atomic E-state index is 12.9. The van der Waals surface area contributed by atoms with Crippen molar-refractivity contribution in [3.05, 3.63) is 28.8 Å². The first kappa shape index (κ1) is 17.9. The number of hydrogen-bond donors (Lipinski definition) is 1. The summed E-state index contributed by atoms with van der Waals surface area (Å²) in [6, 6.07) is 2.55. The lowest BCUT2D eigenvalue weighted by molar-refractivity contribution is -0.147. The molecule has 1 amide bonds. The topological polar surface area (TPSA) is 63.2 Å². The van der Waals surface area contributed by atoms with E-state index in [1.165, 1.54) is 0 Å². The number of carbonyl (C=O) groups excluding carboxylic acids is 3. The fraction of sp³-hybridized carbons (Fsp3) is 0.471. The first-order chi connectivity index (χ1) is 11.4. The first-order valence-corrected chi connectivity index (χ1v) is 8.07. The largest absolute Gasteiger partial charge is 0.416 e. The molecule has 2 fully saturated rings. The highest BCUT2D eigenvalue weighted by atomic mass is 35.5. The third-order valence-corrected chi connectivity index (χ3v) is 5.97. The van der Waals surface area contributed by atoms with Gasteiger partial charge in [-0.15, -0.1) is 0 Å². The number of alkyl halides is 3. The molecule has 1 aromatic carbocycles. The molecular formula is C17H15ClF3NO3. The molecule has 134 valence electrons. The Morgan fingerprint density at radius 1 is 1.28 bits per heavy atom. The van der Waals surface area contributed by atoms with Crippen molar-refractivity contribution in [3.8, 4) is 0 Å². The van der Waals surface area contributed by atoms with Gasteiger partial charge in [0, 0.05) is 5.92 Å². The van der Waals surface area contributed by atoms with Gasteiger partial charge in [0.15, 0.2) is 0 Å². The fourth-order valence-electron chi connectivity index (χ4n) is 4.11. The smallest absolute Gasteiger partial charge is 0.324 e. The summed E-state index contributed by atoms with van der Waals surface area (Å²) in [5, 5.41) is 2.26. The third kappa shape index (κ3) is 2.32. The standard InChI is InChI=1S/C17H15ClF3NO3/c1-15(2)9-5-6-16(15,13(24)12(9)23)14(25)22-11-7-8(17(19,20)21)3-4-10(11)18/h3-4,7,9H,5-6H2,1-2H3,(H,22,25)/t9-,16-/m1/s1. The molecule has 8 heteroatoms. The van der Waals surface area contributed by atoms with Crippen molar-refractivity contribution in [2.45, 2.75) is 32.9 Å². The van der Waals surface area contributed by atoms with Gasteiger partial charge in [-0.3, -0.25) is 14.4 Å². The van der Waals surface area contributed by atoms with Crippen LogP contribution in [0.5, 0.6) is 0 Å². The predicted molar refractivity (Wildman–Crippen MR) is 84.0 cm³/mol. The zero-order chi connectivity index (χ0) is 18.8. The normalized spacial score (nSPS) is 27.7. The van der Waals surface area contributed by atoms with Crippen LogP contribution in [0.15, 0.2) is 18.2 Å². The Morgan fingerprint density at radius 3 is 2.44 bits per heavy atom. The molecule has 1 N–H and O–H groups in total. The molecule has 0 radical (unpaired) electrons. The van der Waals surface area contributed by atoms with E-state index in [4.69, 9.17) is 11.6 Å². The maximum Gasteiger partial charge on any atom is 0.416 e. The minimum Gasteiger partial charge on any atom is -0.324 e. The monoisotopic (exact) mass is 373 g/mol. The van der Waals surface area contributed by atoms with E-state index in [0.29, 0.717) is 6.42 Å². The van der Waals surface area contributed by atoms with Crippen molar-refractivity contribution in [1.82, 2.24) is 0 Å². The summed E-state index contributed by atoms with van der Waals surface area (Å²) in [6.07, 6.45) is -4.00. The number of amides is 1. The lowest BCUT2D eigenvalue weighted by Gasteiger charge is -2.34. The lowest BCUT2D eigenvalue weighted by Crippen LogP contribution is -2.47. The molecule has 2 atom stereocenters. The van der Waals surface area contributed by atoms with Gasteiger partial charge in [-0.05, 0) is 36.5 Å². The second-order valence-corrected chi connectivity index (χ2v) is 7.47. The van der Waals surface area contributed by atoms with Gasteiger partial charge in [0.1, 0.15) is 5.41 Å². The molecule has 2 bridgehead atoms. The van der Waals surface area contributed by atoms with Crippen LogP contribution in [0.4, 0.5) is 18.9 Å². The average Bonchev–Trinajstić information content (AvgIpc) is 2.84. The van der Waals surface area contributed by atoms with Crippen LogP contribution in [0.2, 0.25) is 5.02 Å². The van der Waals surface area contributed by atoms with Crippen LogP contribution in [-0.4, -0.2) is 17.5 Å². The number of halogens is 4. The van der Waals surface area contributed by atoms with Crippen molar-refractivity contribution in [3.63, 3.8) is 0 Å². The maximum absolute atomic E-state index is 12.9. The molecule has 0 heterocycles. The number of fused-ring (bicyclic) bond motifs is 2. The molecule has 3 rings (SSSR count). The van der Waals surface area contributed by atoms with Gasteiger partial charge in [-0.1, -0.05) is 25.4 Å². The number of carbonyl (C=O) groups is 3. The van der Waals surface area contributed by atoms with Gasteiger partial charge in [0.25, 0.3) is 0 Å². The van der Waals surface area contributed by atoms with E-state index in [9.17, 15) is 27.6 Å². The van der Waals surface area contributed by atoms with Gasteiger partial charge in [-0.25, -0.2) is 0 Å². The molecule has 0 unspecified atom stereocenters. The van der Waals surface area contributed by atoms with E-state index < -0.39 is 46.0 Å². The predicted octanol–water partition coefficient (Wildman–Crippen LogP) is 3.87. The SMILES string of the molecule is CC1(C)[C@@H]2CC[C@]1(C(=O)Nc1cc(C(F)(F)F)ccc1Cl)C(=O)C2=O. The number of hydrogen-bond acceptors (Lipinski definition) is 3. The quantitative estimate of drug-likeness (QED) is 0.632. The summed E-state index contributed by atoms with van der Waals surface area (Å²) in [4.78, 5) is 37.4. The molecule has 2 aliphatic carbocycles. The van der Waals surface area contributed by atoms with Crippen LogP contribution in [0, 0.1) is 16.7 Å². The highest BCUT2D eigenvalue weighted by molar-refractivity contribution is 6.48. The van der Waals surface area contributed by atoms with Crippen molar-refractivity contribution in [1.29, 1.82) is 0 Å². The van der Waals surface area contributed by atoms with Crippen molar-refractivity contribution in [2.75, 3.05) is 5.32 Å². The first-order valence-electron chi connectivity index (χ1n) is 7.70. The van der Waals surface area contributed by atoms with Crippen LogP contribution < -0.4 is 5.32 Å². The molecule has 0 aliphatic heterocycles. The Hall–Kier alpha value is -1.89. The molecule has 25 heavy (non-hydrogen) atoms. The summed E-state index contributed by atoms with van der Waals surface area (Å²) < 4.78 is 38.6. The number of nitrogens with one attached hydrogen (secondary N) is 1. The van der Waals surface area contributed by atoms with E-state index in [1.54, 1.807) is 13.8 Å². The van der Waals surface area contributed by atoms with Crippen molar-refractivity contribution >= 4 is 34.8 Å². The number of rotatable bonds is 2. The Labute approximate surface area is 146 Å². The molecule has 1 aromatic rings. The number of ketones is 2. The highest BCUT2D eigenvalue weighted by Crippen LogP contribution is 2.62. The van der Waals surface area contributed by atoms with E-state index in [1.807, 2.05) is 0 Å². The van der Waals surface area contributed by atoms with Crippen LogP contribution in [0.1, 0.15) is 32.3 Å². The second-order valence-electron chi connectivity index (χ2n) is 7.06. The molecule has 0 aromatic heterocycles. The summed E-state index contributed by atoms with van der Waals surface area (Å²) in [5.74, 6) is -2.67. The summed E-state index contributed by atoms with van der Waals surface area (Å²) >= 11 is 5.90. The van der Waals surface area contributed by atoms with Gasteiger partial charge >= 0.3 is 6.18 Å². The lowest BCUT2D eigenvalue weighted by atomic mass is 9.68. The summed E-state index contributed by atoms with van der Waals surface area (Å²) in [5.41, 5.74) is -3.66. The second kappa shape index (κ2) is 5.30. The summed E-state index contributed by atoms with van der Waals surface area (Å²) in [7, 11) is 0. The van der Waals surface area contributed by atoms with E-state index in [0.717, 1.165) is 18.2 Å². The Kier molecular flexibility index (Phi) is 3.80. The minimum atomic E-state index is -4.60. The van der Waals surface area contributed by atoms with Crippen LogP contribution in [0.25, 0.3) is 0 Å². The zero-order valence-corrected chi connectivity index (χ0v) is 14.2. The molecule has 2 aliphatic rings. The molecule has 2 saturated carbocycles. The van der Waals surface area contributed by atoms with Gasteiger partial charge < -0.3 is 5.32 Å². The van der Waals surface area contributed by atoms with Crippen LogP contribution in [-0.2, 0) is 20.6 Å². The highest BCUT2D eigenvalue weighted by Gasteiger charge is 2.72. The van der Waals surface area contributed by atoms with Gasteiger partial charge in [0.2, 0.25) is 17.5 Å².